The maximum Gasteiger partial charge on any atom is 0.0472 e. The fourth-order valence-electron chi connectivity index (χ4n) is 3.76. The van der Waals surface area contributed by atoms with Gasteiger partial charge in [0.15, 0.2) is 0 Å². The number of piperazine rings is 1. The quantitative estimate of drug-likeness (QED) is 0.805. The molecule has 0 radical (unpaired) electrons. The third kappa shape index (κ3) is 4.41. The van der Waals surface area contributed by atoms with Crippen LogP contribution in [0.2, 0.25) is 0 Å². The lowest BCUT2D eigenvalue weighted by Gasteiger charge is -2.44. The van der Waals surface area contributed by atoms with Crippen LogP contribution >= 0.6 is 0 Å². The third-order valence-electron chi connectivity index (χ3n) is 5.59. The molecular formula is C17H33N3O. The maximum absolute atomic E-state index is 5.63. The topological polar surface area (TPSA) is 27.7 Å². The van der Waals surface area contributed by atoms with Crippen molar-refractivity contribution in [3.8, 4) is 0 Å². The van der Waals surface area contributed by atoms with Crippen molar-refractivity contribution < 1.29 is 4.74 Å². The van der Waals surface area contributed by atoms with Crippen LogP contribution in [0.1, 0.15) is 39.5 Å². The first-order valence-corrected chi connectivity index (χ1v) is 8.94. The average molecular weight is 295 g/mol. The summed E-state index contributed by atoms with van der Waals surface area (Å²) in [4.78, 5) is 5.31. The van der Waals surface area contributed by atoms with Gasteiger partial charge in [-0.05, 0) is 44.9 Å². The average Bonchev–Trinajstić information content (AvgIpc) is 3.31. The Hall–Kier alpha value is -0.160. The first-order chi connectivity index (χ1) is 10.2. The van der Waals surface area contributed by atoms with Gasteiger partial charge in [0.2, 0.25) is 0 Å². The van der Waals surface area contributed by atoms with Crippen molar-refractivity contribution in [3.63, 3.8) is 0 Å². The van der Waals surface area contributed by atoms with Crippen molar-refractivity contribution in [2.24, 2.45) is 5.41 Å². The summed E-state index contributed by atoms with van der Waals surface area (Å²) in [5, 5.41) is 3.79. The molecule has 0 aromatic carbocycles. The molecule has 0 spiro atoms. The third-order valence-corrected chi connectivity index (χ3v) is 5.59. The van der Waals surface area contributed by atoms with E-state index in [9.17, 15) is 0 Å². The van der Waals surface area contributed by atoms with Gasteiger partial charge in [0.25, 0.3) is 0 Å². The minimum atomic E-state index is 0.459. The highest BCUT2D eigenvalue weighted by Gasteiger charge is 2.36. The number of ether oxygens (including phenoxy) is 1. The molecule has 0 bridgehead atoms. The van der Waals surface area contributed by atoms with E-state index in [0.717, 1.165) is 19.3 Å². The second kappa shape index (κ2) is 6.95. The molecule has 2 aliphatic heterocycles. The molecule has 3 rings (SSSR count). The van der Waals surface area contributed by atoms with E-state index >= 15 is 0 Å². The Morgan fingerprint density at radius 1 is 1.10 bits per heavy atom. The zero-order chi connectivity index (χ0) is 14.7. The van der Waals surface area contributed by atoms with Crippen molar-refractivity contribution >= 4 is 0 Å². The van der Waals surface area contributed by atoms with Crippen molar-refractivity contribution in [1.82, 2.24) is 15.1 Å². The molecule has 122 valence electrons. The molecule has 2 heterocycles. The summed E-state index contributed by atoms with van der Waals surface area (Å²) >= 11 is 0. The molecule has 0 atom stereocenters. The molecule has 1 saturated carbocycles. The summed E-state index contributed by atoms with van der Waals surface area (Å²) in [5.74, 6) is 0. The zero-order valence-electron chi connectivity index (χ0n) is 13.9. The highest BCUT2D eigenvalue weighted by Crippen LogP contribution is 2.32. The van der Waals surface area contributed by atoms with E-state index < -0.39 is 0 Å². The highest BCUT2D eigenvalue weighted by molar-refractivity contribution is 4.92. The molecule has 0 unspecified atom stereocenters. The summed E-state index contributed by atoms with van der Waals surface area (Å²) < 4.78 is 5.63. The van der Waals surface area contributed by atoms with Gasteiger partial charge in [0, 0.05) is 64.6 Å². The number of nitrogens with zero attached hydrogens (tertiary/aromatic N) is 2. The van der Waals surface area contributed by atoms with Crippen LogP contribution in [0.25, 0.3) is 0 Å². The zero-order valence-corrected chi connectivity index (χ0v) is 13.9. The Morgan fingerprint density at radius 3 is 2.33 bits per heavy atom. The van der Waals surface area contributed by atoms with E-state index in [-0.39, 0.29) is 0 Å². The van der Waals surface area contributed by atoms with Gasteiger partial charge in [-0.3, -0.25) is 4.90 Å². The van der Waals surface area contributed by atoms with Gasteiger partial charge in [0.05, 0.1) is 0 Å². The van der Waals surface area contributed by atoms with Crippen molar-refractivity contribution in [3.05, 3.63) is 0 Å². The smallest absolute Gasteiger partial charge is 0.0472 e. The van der Waals surface area contributed by atoms with Gasteiger partial charge in [0.1, 0.15) is 0 Å². The van der Waals surface area contributed by atoms with Crippen LogP contribution < -0.4 is 5.32 Å². The minimum Gasteiger partial charge on any atom is -0.381 e. The second-order valence-electron chi connectivity index (χ2n) is 7.67. The molecule has 4 heteroatoms. The first-order valence-electron chi connectivity index (χ1n) is 8.94. The van der Waals surface area contributed by atoms with E-state index in [2.05, 4.69) is 29.0 Å². The normalized spacial score (nSPS) is 28.1. The lowest BCUT2D eigenvalue weighted by molar-refractivity contribution is -0.0143. The molecule has 0 aromatic heterocycles. The Kier molecular flexibility index (Phi) is 5.20. The van der Waals surface area contributed by atoms with Crippen LogP contribution in [0.3, 0.4) is 0 Å². The molecule has 3 aliphatic rings. The first kappa shape index (κ1) is 15.7. The summed E-state index contributed by atoms with van der Waals surface area (Å²) in [6, 6.07) is 1.52. The lowest BCUT2D eigenvalue weighted by atomic mass is 9.79. The highest BCUT2D eigenvalue weighted by atomic mass is 16.5. The summed E-state index contributed by atoms with van der Waals surface area (Å²) in [7, 11) is 0. The molecule has 21 heavy (non-hydrogen) atoms. The number of hydrogen-bond donors (Lipinski definition) is 1. The van der Waals surface area contributed by atoms with Gasteiger partial charge < -0.3 is 15.0 Å². The van der Waals surface area contributed by atoms with Crippen LogP contribution in [-0.2, 0) is 4.74 Å². The molecule has 2 saturated heterocycles. The summed E-state index contributed by atoms with van der Waals surface area (Å²) in [5.41, 5.74) is 0.459. The molecule has 4 nitrogen and oxygen atoms in total. The maximum atomic E-state index is 5.63. The Bertz CT molecular complexity index is 316. The summed E-state index contributed by atoms with van der Waals surface area (Å²) in [6.45, 7) is 14.0. The molecule has 1 aliphatic carbocycles. The van der Waals surface area contributed by atoms with Crippen LogP contribution in [0.5, 0.6) is 0 Å². The van der Waals surface area contributed by atoms with Gasteiger partial charge in [-0.2, -0.15) is 0 Å². The van der Waals surface area contributed by atoms with Gasteiger partial charge in [-0.1, -0.05) is 0 Å². The van der Waals surface area contributed by atoms with Crippen molar-refractivity contribution in [1.29, 1.82) is 0 Å². The van der Waals surface area contributed by atoms with Crippen LogP contribution in [0, 0.1) is 5.41 Å². The van der Waals surface area contributed by atoms with E-state index in [1.54, 1.807) is 0 Å². The van der Waals surface area contributed by atoms with Gasteiger partial charge >= 0.3 is 0 Å². The monoisotopic (exact) mass is 295 g/mol. The van der Waals surface area contributed by atoms with Crippen molar-refractivity contribution in [2.75, 3.05) is 52.5 Å². The summed E-state index contributed by atoms with van der Waals surface area (Å²) in [6.07, 6.45) is 5.24. The predicted molar refractivity (Wildman–Crippen MR) is 86.7 cm³/mol. The SMILES string of the molecule is CC(C)N1CCN(CC2(CNC3CC3)CCOCC2)CC1. The standard InChI is InChI=1S/C17H33N3O/c1-15(2)20-9-7-19(8-10-20)14-17(5-11-21-12-6-17)13-18-16-3-4-16/h15-16,18H,3-14H2,1-2H3. The predicted octanol–water partition coefficient (Wildman–Crippen LogP) is 1.56. The second-order valence-corrected chi connectivity index (χ2v) is 7.67. The van der Waals surface area contributed by atoms with E-state index in [1.165, 1.54) is 65.0 Å². The molecule has 1 N–H and O–H groups in total. The van der Waals surface area contributed by atoms with Crippen LogP contribution in [0.4, 0.5) is 0 Å². The van der Waals surface area contributed by atoms with Crippen molar-refractivity contribution in [2.45, 2.75) is 51.6 Å². The Morgan fingerprint density at radius 2 is 1.76 bits per heavy atom. The number of rotatable bonds is 6. The van der Waals surface area contributed by atoms with Gasteiger partial charge in [-0.25, -0.2) is 0 Å². The fourth-order valence-corrected chi connectivity index (χ4v) is 3.76. The molecule has 0 amide bonds. The molecular weight excluding hydrogens is 262 g/mol. The lowest BCUT2D eigenvalue weighted by Crippen LogP contribution is -2.54. The van der Waals surface area contributed by atoms with E-state index in [0.29, 0.717) is 11.5 Å². The molecule has 3 fully saturated rings. The Balaban J connectivity index is 1.51. The van der Waals surface area contributed by atoms with Crippen LogP contribution in [0.15, 0.2) is 0 Å². The molecule has 0 aromatic rings. The van der Waals surface area contributed by atoms with E-state index in [1.807, 2.05) is 0 Å². The minimum absolute atomic E-state index is 0.459. The van der Waals surface area contributed by atoms with E-state index in [4.69, 9.17) is 4.74 Å². The fraction of sp³-hybridized carbons (Fsp3) is 1.00. The number of hydrogen-bond acceptors (Lipinski definition) is 4. The van der Waals surface area contributed by atoms with Gasteiger partial charge in [-0.15, -0.1) is 0 Å². The Labute approximate surface area is 130 Å². The van der Waals surface area contributed by atoms with Crippen LogP contribution in [-0.4, -0.2) is 74.4 Å². The number of nitrogens with one attached hydrogen (secondary N) is 1. The largest absolute Gasteiger partial charge is 0.381 e.